The highest BCUT2D eigenvalue weighted by Crippen LogP contribution is 2.21. The second-order valence-electron chi connectivity index (χ2n) is 3.30. The second-order valence-corrected chi connectivity index (χ2v) is 5.21. The molecule has 0 aromatic carbocycles. The zero-order valence-corrected chi connectivity index (χ0v) is 10.8. The third-order valence-corrected chi connectivity index (χ3v) is 3.79. The van der Waals surface area contributed by atoms with E-state index in [-0.39, 0.29) is 5.78 Å². The minimum absolute atomic E-state index is 0.0194. The Morgan fingerprint density at radius 3 is 2.88 bits per heavy atom. The number of halogens is 1. The Kier molecular flexibility index (Phi) is 3.58. The van der Waals surface area contributed by atoms with E-state index in [4.69, 9.17) is 10.2 Å². The highest BCUT2D eigenvalue weighted by atomic mass is 79.9. The minimum Gasteiger partial charge on any atom is -0.457 e. The lowest BCUT2D eigenvalue weighted by atomic mass is 10.2. The first-order valence-corrected chi connectivity index (χ1v) is 6.41. The molecule has 0 spiro atoms. The number of hydrogen-bond donors (Lipinski definition) is 1. The molecule has 0 aliphatic carbocycles. The maximum atomic E-state index is 11.8. The Bertz CT molecular complexity index is 504. The molecule has 0 bridgehead atoms. The van der Waals surface area contributed by atoms with Crippen molar-refractivity contribution in [3.63, 3.8) is 0 Å². The second kappa shape index (κ2) is 4.95. The highest BCUT2D eigenvalue weighted by molar-refractivity contribution is 9.10. The van der Waals surface area contributed by atoms with Crippen molar-refractivity contribution in [2.75, 3.05) is 0 Å². The molecule has 2 N–H and O–H groups in total. The molecule has 0 aliphatic heterocycles. The summed E-state index contributed by atoms with van der Waals surface area (Å²) in [5, 5.41) is 1.95. The van der Waals surface area contributed by atoms with E-state index in [1.807, 2.05) is 11.4 Å². The van der Waals surface area contributed by atoms with Gasteiger partial charge >= 0.3 is 0 Å². The number of carbonyl (C=O) groups is 1. The third-order valence-electron chi connectivity index (χ3n) is 2.09. The summed E-state index contributed by atoms with van der Waals surface area (Å²) >= 11 is 4.90. The molecule has 3 nitrogen and oxygen atoms in total. The Labute approximate surface area is 105 Å². The van der Waals surface area contributed by atoms with Gasteiger partial charge in [0.15, 0.2) is 5.76 Å². The summed E-state index contributed by atoms with van der Waals surface area (Å²) in [6, 6.07) is 5.35. The monoisotopic (exact) mass is 299 g/mol. The Morgan fingerprint density at radius 2 is 2.31 bits per heavy atom. The van der Waals surface area contributed by atoms with Crippen LogP contribution in [0.1, 0.15) is 21.2 Å². The molecule has 0 radical (unpaired) electrons. The fraction of sp³-hybridized carbons (Fsp3) is 0.182. The van der Waals surface area contributed by atoms with Crippen molar-refractivity contribution in [1.82, 2.24) is 0 Å². The zero-order valence-electron chi connectivity index (χ0n) is 8.40. The molecule has 5 heteroatoms. The fourth-order valence-electron chi connectivity index (χ4n) is 1.33. The number of nitrogens with two attached hydrogens (primary N) is 1. The minimum atomic E-state index is -0.0194. The van der Waals surface area contributed by atoms with Crippen molar-refractivity contribution < 1.29 is 9.21 Å². The summed E-state index contributed by atoms with van der Waals surface area (Å²) in [5.74, 6) is 0.995. The number of carbonyl (C=O) groups excluding carboxylic acids is 1. The maximum absolute atomic E-state index is 11.8. The molecular weight excluding hydrogens is 290 g/mol. The summed E-state index contributed by atoms with van der Waals surface area (Å²) in [4.78, 5) is 12.8. The summed E-state index contributed by atoms with van der Waals surface area (Å²) in [6.45, 7) is 0.317. The Hall–Kier alpha value is -0.910. The lowest BCUT2D eigenvalue weighted by molar-refractivity contribution is 0.0965. The first-order valence-electron chi connectivity index (χ1n) is 4.74. The number of ketones is 1. The molecule has 2 aromatic heterocycles. The standard InChI is InChI=1S/C11H10BrNO2S/c12-7-3-9(16-6-7)4-10(14)11-2-1-8(5-13)15-11/h1-3,6H,4-5,13H2. The van der Waals surface area contributed by atoms with Gasteiger partial charge < -0.3 is 10.2 Å². The molecular formula is C11H10BrNO2S. The van der Waals surface area contributed by atoms with Crippen LogP contribution in [-0.2, 0) is 13.0 Å². The van der Waals surface area contributed by atoms with Crippen LogP contribution in [0.2, 0.25) is 0 Å². The van der Waals surface area contributed by atoms with Crippen LogP contribution in [0.4, 0.5) is 0 Å². The molecule has 0 atom stereocenters. The predicted molar refractivity (Wildman–Crippen MR) is 66.7 cm³/mol. The normalized spacial score (nSPS) is 10.6. The van der Waals surface area contributed by atoms with Crippen LogP contribution in [-0.4, -0.2) is 5.78 Å². The number of hydrogen-bond acceptors (Lipinski definition) is 4. The maximum Gasteiger partial charge on any atom is 0.203 e. The van der Waals surface area contributed by atoms with Gasteiger partial charge in [0.25, 0.3) is 0 Å². The first kappa shape index (κ1) is 11.6. The Morgan fingerprint density at radius 1 is 1.50 bits per heavy atom. The van der Waals surface area contributed by atoms with Gasteiger partial charge in [0, 0.05) is 21.2 Å². The van der Waals surface area contributed by atoms with Gasteiger partial charge in [0.1, 0.15) is 5.76 Å². The fourth-order valence-corrected chi connectivity index (χ4v) is 2.78. The highest BCUT2D eigenvalue weighted by Gasteiger charge is 2.12. The number of rotatable bonds is 4. The molecule has 0 unspecified atom stereocenters. The van der Waals surface area contributed by atoms with E-state index in [0.29, 0.717) is 24.5 Å². The van der Waals surface area contributed by atoms with E-state index < -0.39 is 0 Å². The van der Waals surface area contributed by atoms with Crippen LogP contribution in [0, 0.1) is 0 Å². The van der Waals surface area contributed by atoms with E-state index in [0.717, 1.165) is 9.35 Å². The quantitative estimate of drug-likeness (QED) is 0.883. The smallest absolute Gasteiger partial charge is 0.203 e. The Balaban J connectivity index is 2.08. The molecule has 84 valence electrons. The lowest BCUT2D eigenvalue weighted by Gasteiger charge is -1.94. The van der Waals surface area contributed by atoms with Crippen molar-refractivity contribution in [2.45, 2.75) is 13.0 Å². The molecule has 0 aliphatic rings. The SMILES string of the molecule is NCc1ccc(C(=O)Cc2cc(Br)cs2)o1. The van der Waals surface area contributed by atoms with Crippen LogP contribution in [0.15, 0.2) is 32.5 Å². The van der Waals surface area contributed by atoms with Crippen LogP contribution < -0.4 is 5.73 Å². The van der Waals surface area contributed by atoms with Crippen molar-refractivity contribution in [2.24, 2.45) is 5.73 Å². The predicted octanol–water partition coefficient (Wildman–Crippen LogP) is 2.99. The first-order chi connectivity index (χ1) is 7.69. The topological polar surface area (TPSA) is 56.2 Å². The summed E-state index contributed by atoms with van der Waals surface area (Å²) in [6.07, 6.45) is 0.369. The van der Waals surface area contributed by atoms with Crippen LogP contribution in [0.25, 0.3) is 0 Å². The van der Waals surface area contributed by atoms with Gasteiger partial charge in [-0.2, -0.15) is 0 Å². The van der Waals surface area contributed by atoms with Gasteiger partial charge in [-0.05, 0) is 34.1 Å². The summed E-state index contributed by atoms with van der Waals surface area (Å²) in [7, 11) is 0. The van der Waals surface area contributed by atoms with E-state index in [1.165, 1.54) is 0 Å². The summed E-state index contributed by atoms with van der Waals surface area (Å²) in [5.41, 5.74) is 5.41. The number of Topliss-reactive ketones (excluding diaryl/α,β-unsaturated/α-hetero) is 1. The van der Waals surface area contributed by atoms with Gasteiger partial charge in [-0.15, -0.1) is 11.3 Å². The number of thiophene rings is 1. The summed E-state index contributed by atoms with van der Waals surface area (Å²) < 4.78 is 6.29. The molecule has 2 aromatic rings. The molecule has 0 amide bonds. The molecule has 0 fully saturated rings. The van der Waals surface area contributed by atoms with Crippen LogP contribution in [0.5, 0.6) is 0 Å². The molecule has 2 heterocycles. The van der Waals surface area contributed by atoms with Crippen molar-refractivity contribution >= 4 is 33.0 Å². The van der Waals surface area contributed by atoms with E-state index in [1.54, 1.807) is 23.5 Å². The van der Waals surface area contributed by atoms with Gasteiger partial charge in [0.05, 0.1) is 6.54 Å². The van der Waals surface area contributed by atoms with Gasteiger partial charge in [-0.3, -0.25) is 4.79 Å². The van der Waals surface area contributed by atoms with Crippen molar-refractivity contribution in [3.05, 3.63) is 44.4 Å². The zero-order chi connectivity index (χ0) is 11.5. The number of furan rings is 1. The molecule has 2 rings (SSSR count). The average molecular weight is 300 g/mol. The van der Waals surface area contributed by atoms with Gasteiger partial charge in [0.2, 0.25) is 5.78 Å². The van der Waals surface area contributed by atoms with Crippen LogP contribution in [0.3, 0.4) is 0 Å². The van der Waals surface area contributed by atoms with Crippen LogP contribution >= 0.6 is 27.3 Å². The molecule has 16 heavy (non-hydrogen) atoms. The average Bonchev–Trinajstić information content (AvgIpc) is 2.87. The van der Waals surface area contributed by atoms with Crippen molar-refractivity contribution in [1.29, 1.82) is 0 Å². The largest absolute Gasteiger partial charge is 0.457 e. The van der Waals surface area contributed by atoms with E-state index in [9.17, 15) is 4.79 Å². The van der Waals surface area contributed by atoms with Gasteiger partial charge in [-0.1, -0.05) is 0 Å². The third kappa shape index (κ3) is 2.61. The van der Waals surface area contributed by atoms with Gasteiger partial charge in [-0.25, -0.2) is 0 Å². The lowest BCUT2D eigenvalue weighted by Crippen LogP contribution is -2.00. The van der Waals surface area contributed by atoms with Crippen molar-refractivity contribution in [3.8, 4) is 0 Å². The van der Waals surface area contributed by atoms with E-state index >= 15 is 0 Å². The molecule has 0 saturated heterocycles. The molecule has 0 saturated carbocycles. The van der Waals surface area contributed by atoms with E-state index in [2.05, 4.69) is 15.9 Å².